The summed E-state index contributed by atoms with van der Waals surface area (Å²) in [6.07, 6.45) is 2.93. The number of aromatic nitrogens is 2. The van der Waals surface area contributed by atoms with Gasteiger partial charge in [0.25, 0.3) is 0 Å². The Morgan fingerprint density at radius 1 is 1.40 bits per heavy atom. The van der Waals surface area contributed by atoms with Crippen LogP contribution in [0.15, 0.2) is 11.4 Å². The van der Waals surface area contributed by atoms with Crippen LogP contribution in [0.5, 0.6) is 0 Å². The molecule has 0 bridgehead atoms. The zero-order valence-electron chi connectivity index (χ0n) is 11.9. The fraction of sp³-hybridized carbons (Fsp3) is 0.500. The predicted molar refractivity (Wildman–Crippen MR) is 83.7 cm³/mol. The van der Waals surface area contributed by atoms with Gasteiger partial charge in [-0.05, 0) is 25.8 Å². The van der Waals surface area contributed by atoms with E-state index in [0.717, 1.165) is 21.7 Å². The van der Waals surface area contributed by atoms with Gasteiger partial charge in [0.15, 0.2) is 0 Å². The van der Waals surface area contributed by atoms with Crippen molar-refractivity contribution in [1.29, 1.82) is 0 Å². The standard InChI is InChI=1S/C14H18N2O2S2/c1-9-10(2)20-14-12(9)13(15-8-16-14)19-7-11(17)5-4-6-18-3/h8H,4-7H2,1-3H3. The normalized spacial score (nSPS) is 11.2. The van der Waals surface area contributed by atoms with Gasteiger partial charge in [-0.15, -0.1) is 11.3 Å². The number of Topliss-reactive ketones (excluding diaryl/α,β-unsaturated/α-hetero) is 1. The van der Waals surface area contributed by atoms with Crippen LogP contribution in [-0.4, -0.2) is 35.2 Å². The van der Waals surface area contributed by atoms with E-state index in [2.05, 4.69) is 23.8 Å². The van der Waals surface area contributed by atoms with Crippen LogP contribution >= 0.6 is 23.1 Å². The molecule has 2 aromatic heterocycles. The van der Waals surface area contributed by atoms with Gasteiger partial charge in [-0.3, -0.25) is 4.79 Å². The van der Waals surface area contributed by atoms with Crippen LogP contribution in [0.2, 0.25) is 0 Å². The van der Waals surface area contributed by atoms with Gasteiger partial charge in [-0.2, -0.15) is 0 Å². The number of ketones is 1. The van der Waals surface area contributed by atoms with Crippen molar-refractivity contribution >= 4 is 39.1 Å². The van der Waals surface area contributed by atoms with Crippen molar-refractivity contribution in [3.05, 3.63) is 16.8 Å². The Morgan fingerprint density at radius 3 is 2.95 bits per heavy atom. The fourth-order valence-electron chi connectivity index (χ4n) is 1.89. The summed E-state index contributed by atoms with van der Waals surface area (Å²) >= 11 is 3.19. The van der Waals surface area contributed by atoms with Gasteiger partial charge in [0.05, 0.1) is 5.75 Å². The third kappa shape index (κ3) is 3.56. The maximum Gasteiger partial charge on any atom is 0.143 e. The van der Waals surface area contributed by atoms with E-state index in [1.807, 2.05) is 0 Å². The Hall–Kier alpha value is -0.980. The van der Waals surface area contributed by atoms with Crippen molar-refractivity contribution < 1.29 is 9.53 Å². The summed E-state index contributed by atoms with van der Waals surface area (Å²) in [4.78, 5) is 22.7. The number of carbonyl (C=O) groups excluding carboxylic acids is 1. The molecule has 0 atom stereocenters. The number of carbonyl (C=O) groups is 1. The molecule has 0 amide bonds. The maximum absolute atomic E-state index is 11.8. The number of ether oxygens (including phenoxy) is 1. The van der Waals surface area contributed by atoms with Crippen molar-refractivity contribution in [3.63, 3.8) is 0 Å². The number of hydrogen-bond donors (Lipinski definition) is 0. The van der Waals surface area contributed by atoms with Crippen LogP contribution in [0.4, 0.5) is 0 Å². The monoisotopic (exact) mass is 310 g/mol. The fourth-order valence-corrected chi connectivity index (χ4v) is 3.91. The predicted octanol–water partition coefficient (Wildman–Crippen LogP) is 3.40. The van der Waals surface area contributed by atoms with Crippen LogP contribution in [0, 0.1) is 13.8 Å². The molecule has 0 spiro atoms. The van der Waals surface area contributed by atoms with Gasteiger partial charge in [-0.1, -0.05) is 11.8 Å². The molecule has 0 saturated carbocycles. The topological polar surface area (TPSA) is 52.1 Å². The molecule has 20 heavy (non-hydrogen) atoms. The largest absolute Gasteiger partial charge is 0.385 e. The van der Waals surface area contributed by atoms with Crippen LogP contribution < -0.4 is 0 Å². The van der Waals surface area contributed by atoms with Gasteiger partial charge in [0.1, 0.15) is 22.0 Å². The lowest BCUT2D eigenvalue weighted by atomic mass is 10.2. The van der Waals surface area contributed by atoms with Crippen molar-refractivity contribution in [1.82, 2.24) is 9.97 Å². The molecule has 0 radical (unpaired) electrons. The molecule has 2 aromatic rings. The lowest BCUT2D eigenvalue weighted by Crippen LogP contribution is -2.03. The molecular formula is C14H18N2O2S2. The first-order chi connectivity index (χ1) is 9.63. The second-order valence-electron chi connectivity index (χ2n) is 4.57. The number of rotatable bonds is 7. The van der Waals surface area contributed by atoms with E-state index in [9.17, 15) is 4.79 Å². The average Bonchev–Trinajstić information content (AvgIpc) is 2.73. The SMILES string of the molecule is COCCCC(=O)CSc1ncnc2sc(C)c(C)c12. The summed E-state index contributed by atoms with van der Waals surface area (Å²) in [5.41, 5.74) is 1.22. The average molecular weight is 310 g/mol. The number of methoxy groups -OCH3 is 1. The Morgan fingerprint density at radius 2 is 2.20 bits per heavy atom. The minimum Gasteiger partial charge on any atom is -0.385 e. The summed E-state index contributed by atoms with van der Waals surface area (Å²) in [6, 6.07) is 0. The minimum atomic E-state index is 0.239. The van der Waals surface area contributed by atoms with Gasteiger partial charge >= 0.3 is 0 Å². The highest BCUT2D eigenvalue weighted by atomic mass is 32.2. The molecule has 0 unspecified atom stereocenters. The summed E-state index contributed by atoms with van der Waals surface area (Å²) in [6.45, 7) is 4.81. The van der Waals surface area contributed by atoms with E-state index in [0.29, 0.717) is 18.8 Å². The third-order valence-corrected chi connectivity index (χ3v) is 5.27. The Kier molecular flexibility index (Phi) is 5.51. The lowest BCUT2D eigenvalue weighted by Gasteiger charge is -2.03. The van der Waals surface area contributed by atoms with Gasteiger partial charge in [-0.25, -0.2) is 9.97 Å². The van der Waals surface area contributed by atoms with E-state index in [-0.39, 0.29) is 5.78 Å². The first-order valence-electron chi connectivity index (χ1n) is 6.47. The molecule has 2 rings (SSSR count). The first kappa shape index (κ1) is 15.4. The molecular weight excluding hydrogens is 292 g/mol. The number of nitrogens with zero attached hydrogens (tertiary/aromatic N) is 2. The number of thioether (sulfide) groups is 1. The summed E-state index contributed by atoms with van der Waals surface area (Å²) < 4.78 is 4.95. The highest BCUT2D eigenvalue weighted by molar-refractivity contribution is 8.00. The Labute approximate surface area is 127 Å². The third-order valence-electron chi connectivity index (χ3n) is 3.10. The van der Waals surface area contributed by atoms with Gasteiger partial charge in [0, 0.05) is 30.4 Å². The molecule has 4 nitrogen and oxygen atoms in total. The number of thiophene rings is 1. The van der Waals surface area contributed by atoms with E-state index >= 15 is 0 Å². The van der Waals surface area contributed by atoms with Crippen LogP contribution in [0.25, 0.3) is 10.2 Å². The number of hydrogen-bond acceptors (Lipinski definition) is 6. The smallest absolute Gasteiger partial charge is 0.143 e. The summed E-state index contributed by atoms with van der Waals surface area (Å²) in [5.74, 6) is 0.702. The van der Waals surface area contributed by atoms with Crippen molar-refractivity contribution in [2.24, 2.45) is 0 Å². The molecule has 0 aliphatic rings. The second kappa shape index (κ2) is 7.15. The van der Waals surface area contributed by atoms with E-state index < -0.39 is 0 Å². The molecule has 0 fully saturated rings. The van der Waals surface area contributed by atoms with E-state index in [1.165, 1.54) is 22.2 Å². The minimum absolute atomic E-state index is 0.239. The molecule has 0 aliphatic carbocycles. The zero-order valence-corrected chi connectivity index (χ0v) is 13.6. The van der Waals surface area contributed by atoms with Crippen molar-refractivity contribution in [2.45, 2.75) is 31.7 Å². The Balaban J connectivity index is 2.05. The quantitative estimate of drug-likeness (QED) is 0.446. The second-order valence-corrected chi connectivity index (χ2v) is 6.73. The highest BCUT2D eigenvalue weighted by Crippen LogP contribution is 2.34. The maximum atomic E-state index is 11.8. The van der Waals surface area contributed by atoms with Gasteiger partial charge in [0.2, 0.25) is 0 Å². The summed E-state index contributed by atoms with van der Waals surface area (Å²) in [5, 5.41) is 2.02. The van der Waals surface area contributed by atoms with Gasteiger partial charge < -0.3 is 4.74 Å². The molecule has 0 saturated heterocycles. The molecule has 2 heterocycles. The van der Waals surface area contributed by atoms with Crippen LogP contribution in [0.3, 0.4) is 0 Å². The number of aryl methyl sites for hydroxylation is 2. The summed E-state index contributed by atoms with van der Waals surface area (Å²) in [7, 11) is 1.65. The Bertz CT molecular complexity index is 610. The molecule has 6 heteroatoms. The highest BCUT2D eigenvalue weighted by Gasteiger charge is 2.13. The lowest BCUT2D eigenvalue weighted by molar-refractivity contribution is -0.116. The molecule has 0 aliphatic heterocycles. The van der Waals surface area contributed by atoms with Crippen LogP contribution in [-0.2, 0) is 9.53 Å². The van der Waals surface area contributed by atoms with Crippen molar-refractivity contribution in [2.75, 3.05) is 19.5 Å². The molecule has 108 valence electrons. The van der Waals surface area contributed by atoms with Crippen molar-refractivity contribution in [3.8, 4) is 0 Å². The van der Waals surface area contributed by atoms with Crippen LogP contribution in [0.1, 0.15) is 23.3 Å². The molecule has 0 N–H and O–H groups in total. The zero-order chi connectivity index (χ0) is 14.5. The number of fused-ring (bicyclic) bond motifs is 1. The molecule has 0 aromatic carbocycles. The van der Waals surface area contributed by atoms with E-state index in [1.54, 1.807) is 24.8 Å². The van der Waals surface area contributed by atoms with E-state index in [4.69, 9.17) is 4.74 Å². The first-order valence-corrected chi connectivity index (χ1v) is 8.27.